The van der Waals surface area contributed by atoms with Crippen molar-refractivity contribution in [3.05, 3.63) is 71.8 Å². The number of nitrogens with zero attached hydrogens (tertiary/aromatic N) is 1. The van der Waals surface area contributed by atoms with Gasteiger partial charge in [0.2, 0.25) is 11.8 Å². The number of ketones is 3. The molecule has 0 aromatic heterocycles. The molecule has 2 heterocycles. The lowest BCUT2D eigenvalue weighted by Gasteiger charge is -2.29. The van der Waals surface area contributed by atoms with Crippen molar-refractivity contribution >= 4 is 29.2 Å². The molecule has 10 heteroatoms. The number of aryl methyl sites for hydroxylation is 1. The van der Waals surface area contributed by atoms with E-state index < -0.39 is 29.5 Å². The van der Waals surface area contributed by atoms with Gasteiger partial charge in [-0.25, -0.2) is 0 Å². The number of epoxide rings is 1. The molecule has 2 N–H and O–H groups in total. The number of rotatable bonds is 22. The second kappa shape index (κ2) is 19.9. The van der Waals surface area contributed by atoms with Gasteiger partial charge in [0.1, 0.15) is 11.4 Å². The molecule has 2 aromatic carbocycles. The molecule has 0 bridgehead atoms. The SMILES string of the molecule is CCC(C)[C@H](NC(=O)[C@H](CCc1ccccc1)CC(=O)CN1CCOCC1)C(=O)C[C@@H](Cc1ccccc1)C(=O)N[C@H](CC(C)C)C(=O)[C@@]1(C)CO1. The van der Waals surface area contributed by atoms with Gasteiger partial charge in [-0.15, -0.1) is 0 Å². The van der Waals surface area contributed by atoms with Gasteiger partial charge < -0.3 is 20.1 Å². The minimum atomic E-state index is -0.899. The fraction of sp³-hybridized carbons (Fsp3) is 0.595. The number of carbonyl (C=O) groups excluding carboxylic acids is 5. The number of hydrogen-bond acceptors (Lipinski definition) is 8. The van der Waals surface area contributed by atoms with Crippen LogP contribution in [0, 0.1) is 23.7 Å². The third-order valence-corrected chi connectivity index (χ3v) is 10.4. The first kappa shape index (κ1) is 41.0. The monoisotopic (exact) mass is 717 g/mol. The van der Waals surface area contributed by atoms with Gasteiger partial charge in [-0.2, -0.15) is 0 Å². The Balaban J connectivity index is 1.52. The molecule has 1 unspecified atom stereocenters. The normalized spacial score (nSPS) is 20.3. The number of carbonyl (C=O) groups is 5. The number of nitrogens with one attached hydrogen (secondary N) is 2. The summed E-state index contributed by atoms with van der Waals surface area (Å²) in [6.07, 6.45) is 2.41. The molecule has 284 valence electrons. The van der Waals surface area contributed by atoms with Gasteiger partial charge in [0.15, 0.2) is 11.6 Å². The van der Waals surface area contributed by atoms with E-state index in [4.69, 9.17) is 9.47 Å². The predicted molar refractivity (Wildman–Crippen MR) is 201 cm³/mol. The molecule has 52 heavy (non-hydrogen) atoms. The Hall–Kier alpha value is -3.73. The van der Waals surface area contributed by atoms with E-state index in [1.165, 1.54) is 0 Å². The van der Waals surface area contributed by atoms with E-state index in [9.17, 15) is 24.0 Å². The smallest absolute Gasteiger partial charge is 0.224 e. The van der Waals surface area contributed by atoms with Crippen molar-refractivity contribution in [3.8, 4) is 0 Å². The van der Waals surface area contributed by atoms with Crippen LogP contribution in [0.15, 0.2) is 60.7 Å². The van der Waals surface area contributed by atoms with Crippen LogP contribution in [0.5, 0.6) is 0 Å². The van der Waals surface area contributed by atoms with Crippen molar-refractivity contribution in [1.82, 2.24) is 15.5 Å². The zero-order chi connectivity index (χ0) is 37.7. The lowest BCUT2D eigenvalue weighted by atomic mass is 9.85. The maximum absolute atomic E-state index is 14.3. The lowest BCUT2D eigenvalue weighted by molar-refractivity contribution is -0.136. The van der Waals surface area contributed by atoms with Crippen LogP contribution >= 0.6 is 0 Å². The molecule has 0 spiro atoms. The highest BCUT2D eigenvalue weighted by Gasteiger charge is 2.50. The second-order valence-electron chi connectivity index (χ2n) is 15.4. The van der Waals surface area contributed by atoms with E-state index in [0.29, 0.717) is 65.0 Å². The summed E-state index contributed by atoms with van der Waals surface area (Å²) in [7, 11) is 0. The Morgan fingerprint density at radius 2 is 1.42 bits per heavy atom. The van der Waals surface area contributed by atoms with Crippen LogP contribution in [0.25, 0.3) is 0 Å². The third-order valence-electron chi connectivity index (χ3n) is 10.4. The first-order valence-corrected chi connectivity index (χ1v) is 19.1. The minimum Gasteiger partial charge on any atom is -0.379 e. The van der Waals surface area contributed by atoms with Gasteiger partial charge in [-0.05, 0) is 55.6 Å². The largest absolute Gasteiger partial charge is 0.379 e. The van der Waals surface area contributed by atoms with Gasteiger partial charge in [0, 0.05) is 37.8 Å². The van der Waals surface area contributed by atoms with Crippen molar-refractivity contribution < 1.29 is 33.4 Å². The molecule has 2 aliphatic rings. The molecule has 2 saturated heterocycles. The van der Waals surface area contributed by atoms with Crippen LogP contribution in [0.2, 0.25) is 0 Å². The average Bonchev–Trinajstić information content (AvgIpc) is 3.90. The number of amides is 2. The maximum Gasteiger partial charge on any atom is 0.224 e. The summed E-state index contributed by atoms with van der Waals surface area (Å²) in [5.41, 5.74) is 1.06. The van der Waals surface area contributed by atoms with Crippen LogP contribution in [0.4, 0.5) is 0 Å². The summed E-state index contributed by atoms with van der Waals surface area (Å²) in [6.45, 7) is 12.7. The zero-order valence-electron chi connectivity index (χ0n) is 31.7. The van der Waals surface area contributed by atoms with Crippen LogP contribution in [0.1, 0.15) is 77.8 Å². The molecule has 2 aromatic rings. The van der Waals surface area contributed by atoms with Crippen molar-refractivity contribution in [3.63, 3.8) is 0 Å². The van der Waals surface area contributed by atoms with E-state index in [0.717, 1.165) is 11.1 Å². The molecule has 6 atom stereocenters. The third kappa shape index (κ3) is 12.7. The lowest BCUT2D eigenvalue weighted by Crippen LogP contribution is -2.51. The Morgan fingerprint density at radius 1 is 0.827 bits per heavy atom. The van der Waals surface area contributed by atoms with Gasteiger partial charge in [0.05, 0.1) is 38.4 Å². The van der Waals surface area contributed by atoms with Crippen LogP contribution in [-0.2, 0) is 46.3 Å². The highest BCUT2D eigenvalue weighted by Crippen LogP contribution is 2.30. The fourth-order valence-electron chi connectivity index (χ4n) is 6.84. The summed E-state index contributed by atoms with van der Waals surface area (Å²) < 4.78 is 10.9. The molecule has 0 saturated carbocycles. The number of morpholine rings is 1. The summed E-state index contributed by atoms with van der Waals surface area (Å²) in [6, 6.07) is 17.8. The van der Waals surface area contributed by atoms with Crippen molar-refractivity contribution in [1.29, 1.82) is 0 Å². The van der Waals surface area contributed by atoms with Crippen LogP contribution < -0.4 is 10.6 Å². The Morgan fingerprint density at radius 3 is 2.00 bits per heavy atom. The molecule has 2 fully saturated rings. The molecule has 2 amide bonds. The molecule has 0 radical (unpaired) electrons. The maximum atomic E-state index is 14.3. The summed E-state index contributed by atoms with van der Waals surface area (Å²) in [5, 5.41) is 6.05. The van der Waals surface area contributed by atoms with Crippen LogP contribution in [-0.4, -0.2) is 91.2 Å². The summed E-state index contributed by atoms with van der Waals surface area (Å²) >= 11 is 0. The van der Waals surface area contributed by atoms with Crippen LogP contribution in [0.3, 0.4) is 0 Å². The first-order valence-electron chi connectivity index (χ1n) is 19.1. The van der Waals surface area contributed by atoms with E-state index >= 15 is 0 Å². The number of hydrogen-bond donors (Lipinski definition) is 2. The minimum absolute atomic E-state index is 0.0166. The molecule has 0 aliphatic carbocycles. The molecule has 2 aliphatic heterocycles. The topological polar surface area (TPSA) is 134 Å². The number of ether oxygens (including phenoxy) is 2. The highest BCUT2D eigenvalue weighted by atomic mass is 16.6. The molecule has 4 rings (SSSR count). The van der Waals surface area contributed by atoms with Gasteiger partial charge in [-0.1, -0.05) is 94.8 Å². The zero-order valence-corrected chi connectivity index (χ0v) is 31.7. The molecular weight excluding hydrogens is 658 g/mol. The van der Waals surface area contributed by atoms with Gasteiger partial charge in [0.25, 0.3) is 0 Å². The summed E-state index contributed by atoms with van der Waals surface area (Å²) in [5.74, 6) is -2.57. The number of Topliss-reactive ketones (excluding diaryl/α,β-unsaturated/α-hetero) is 3. The van der Waals surface area contributed by atoms with E-state index in [-0.39, 0.29) is 60.4 Å². The van der Waals surface area contributed by atoms with Crippen molar-refractivity contribution in [2.45, 2.75) is 97.2 Å². The van der Waals surface area contributed by atoms with Gasteiger partial charge >= 0.3 is 0 Å². The molecule has 10 nitrogen and oxygen atoms in total. The first-order chi connectivity index (χ1) is 24.9. The predicted octanol–water partition coefficient (Wildman–Crippen LogP) is 4.76. The Kier molecular flexibility index (Phi) is 15.7. The highest BCUT2D eigenvalue weighted by molar-refractivity contribution is 5.98. The fourth-order valence-corrected chi connectivity index (χ4v) is 6.84. The van der Waals surface area contributed by atoms with Gasteiger partial charge in [-0.3, -0.25) is 28.9 Å². The van der Waals surface area contributed by atoms with E-state index in [1.807, 2.05) is 88.4 Å². The Labute approximate surface area is 309 Å². The standard InChI is InChI=1S/C42H59N3O7/c1-6-30(4)38(44-40(49)33(18-17-31-13-9-7-10-14-31)25-35(46)27-45-19-21-51-22-20-45)37(47)26-34(24-32-15-11-8-12-16-32)41(50)43-36(23-29(2)3)39(48)42(5)28-52-42/h7-16,29-30,33-34,36,38H,6,17-28H2,1-5H3,(H,43,50)(H,44,49)/t30?,33-,34-,36-,38+,42-/m1/s1. The summed E-state index contributed by atoms with van der Waals surface area (Å²) in [4.78, 5) is 71.1. The second-order valence-corrected chi connectivity index (χ2v) is 15.4. The average molecular weight is 718 g/mol. The molecular formula is C42H59N3O7. The van der Waals surface area contributed by atoms with E-state index in [1.54, 1.807) is 6.92 Å². The quantitative estimate of drug-likeness (QED) is 0.167. The van der Waals surface area contributed by atoms with Crippen molar-refractivity contribution in [2.24, 2.45) is 23.7 Å². The van der Waals surface area contributed by atoms with E-state index in [2.05, 4.69) is 15.5 Å². The number of benzene rings is 2. The van der Waals surface area contributed by atoms with Crippen molar-refractivity contribution in [2.75, 3.05) is 39.5 Å². The Bertz CT molecular complexity index is 1470.